The molecule has 6 nitrogen and oxygen atoms in total. The zero-order valence-corrected chi connectivity index (χ0v) is 18.8. The van der Waals surface area contributed by atoms with E-state index in [4.69, 9.17) is 4.42 Å². The molecule has 0 saturated carbocycles. The van der Waals surface area contributed by atoms with E-state index in [2.05, 4.69) is 54.2 Å². The van der Waals surface area contributed by atoms with Crippen LogP contribution in [-0.4, -0.2) is 46.7 Å². The Morgan fingerprint density at radius 3 is 2.79 bits per heavy atom. The number of nitrogens with one attached hydrogen (secondary N) is 1. The van der Waals surface area contributed by atoms with Crippen molar-refractivity contribution in [1.29, 1.82) is 0 Å². The first-order chi connectivity index (χ1) is 13.9. The van der Waals surface area contributed by atoms with Crippen molar-refractivity contribution in [3.05, 3.63) is 23.4 Å². The number of nitrogens with zero attached hydrogens (tertiary/aromatic N) is 3. The van der Waals surface area contributed by atoms with Crippen LogP contribution in [0.3, 0.4) is 0 Å². The maximum Gasteiger partial charge on any atom is 0.217 e. The molecule has 1 aliphatic heterocycles. The van der Waals surface area contributed by atoms with Crippen LogP contribution < -0.4 is 5.32 Å². The van der Waals surface area contributed by atoms with Crippen molar-refractivity contribution in [3.63, 3.8) is 0 Å². The number of hydrogen-bond acceptors (Lipinski definition) is 5. The van der Waals surface area contributed by atoms with Crippen LogP contribution in [0, 0.1) is 23.7 Å². The lowest BCUT2D eigenvalue weighted by molar-refractivity contribution is -0.119. The summed E-state index contributed by atoms with van der Waals surface area (Å²) in [4.78, 5) is 13.9. The van der Waals surface area contributed by atoms with Crippen LogP contribution in [0.5, 0.6) is 0 Å². The molecular formula is C23H38N4O2. The van der Waals surface area contributed by atoms with Crippen molar-refractivity contribution in [3.8, 4) is 0 Å². The summed E-state index contributed by atoms with van der Waals surface area (Å²) in [5.41, 5.74) is 1.46. The van der Waals surface area contributed by atoms with Crippen LogP contribution in [0.15, 0.2) is 16.1 Å². The van der Waals surface area contributed by atoms with Gasteiger partial charge in [0.05, 0.1) is 0 Å². The number of carbonyl (C=O) groups excluding carboxylic acids is 1. The van der Waals surface area contributed by atoms with Crippen LogP contribution in [0.2, 0.25) is 0 Å². The Bertz CT molecular complexity index is 711. The summed E-state index contributed by atoms with van der Waals surface area (Å²) in [6, 6.07) is 0.307. The second-order valence-electron chi connectivity index (χ2n) is 9.40. The highest BCUT2D eigenvalue weighted by Gasteiger charge is 2.34. The van der Waals surface area contributed by atoms with E-state index in [0.29, 0.717) is 29.7 Å². The number of allylic oxidation sites excluding steroid dienone is 1. The van der Waals surface area contributed by atoms with Crippen LogP contribution in [0.25, 0.3) is 0 Å². The molecule has 1 saturated heterocycles. The number of aromatic nitrogens is 2. The van der Waals surface area contributed by atoms with Gasteiger partial charge in [-0.05, 0) is 49.9 Å². The predicted molar refractivity (Wildman–Crippen MR) is 114 cm³/mol. The first-order valence-corrected chi connectivity index (χ1v) is 11.3. The zero-order valence-electron chi connectivity index (χ0n) is 18.8. The average Bonchev–Trinajstić information content (AvgIpc) is 3.26. The number of hydrogen-bond donors (Lipinski definition) is 1. The van der Waals surface area contributed by atoms with E-state index in [1.165, 1.54) is 12.0 Å². The Morgan fingerprint density at radius 2 is 2.10 bits per heavy atom. The summed E-state index contributed by atoms with van der Waals surface area (Å²) in [6.45, 7) is 13.8. The Labute approximate surface area is 175 Å². The van der Waals surface area contributed by atoms with Crippen LogP contribution in [0.1, 0.15) is 65.7 Å². The molecule has 1 N–H and O–H groups in total. The van der Waals surface area contributed by atoms with Crippen molar-refractivity contribution >= 4 is 5.91 Å². The summed E-state index contributed by atoms with van der Waals surface area (Å²) in [5, 5.41) is 11.5. The molecule has 1 aliphatic carbocycles. The summed E-state index contributed by atoms with van der Waals surface area (Å²) in [6.07, 6.45) is 7.48. The minimum absolute atomic E-state index is 0.0799. The molecule has 4 atom stereocenters. The van der Waals surface area contributed by atoms with Gasteiger partial charge in [0.2, 0.25) is 17.7 Å². The highest BCUT2D eigenvalue weighted by atomic mass is 16.4. The Morgan fingerprint density at radius 1 is 1.34 bits per heavy atom. The topological polar surface area (TPSA) is 71.3 Å². The number of amides is 1. The van der Waals surface area contributed by atoms with Gasteiger partial charge in [-0.25, -0.2) is 0 Å². The maximum absolute atomic E-state index is 11.3. The lowest BCUT2D eigenvalue weighted by Gasteiger charge is -2.38. The molecule has 0 aromatic carbocycles. The van der Waals surface area contributed by atoms with E-state index >= 15 is 0 Å². The van der Waals surface area contributed by atoms with Gasteiger partial charge in [0.1, 0.15) is 0 Å². The molecule has 0 radical (unpaired) electrons. The fourth-order valence-electron chi connectivity index (χ4n) is 5.08. The lowest BCUT2D eigenvalue weighted by Crippen LogP contribution is -2.39. The lowest BCUT2D eigenvalue weighted by atomic mass is 9.69. The maximum atomic E-state index is 11.3. The van der Waals surface area contributed by atoms with Crippen molar-refractivity contribution in [2.24, 2.45) is 23.7 Å². The van der Waals surface area contributed by atoms with E-state index in [9.17, 15) is 4.79 Å². The Hall–Kier alpha value is -1.69. The zero-order chi connectivity index (χ0) is 21.0. The summed E-state index contributed by atoms with van der Waals surface area (Å²) < 4.78 is 5.86. The monoisotopic (exact) mass is 402 g/mol. The smallest absolute Gasteiger partial charge is 0.217 e. The average molecular weight is 403 g/mol. The fourth-order valence-corrected chi connectivity index (χ4v) is 5.08. The number of aryl methyl sites for hydroxylation is 1. The standard InChI is InChI=1S/C23H38N4O2/c1-6-7-22-25-26-23(29-22)12-18-11-21(15(2)3)19(10-16(18)4)13-27-9-8-20(14-27)24-17(5)28/h10,15,18-21H,6-9,11-14H2,1-5H3,(H,24,28)/t18-,19-,20-,21-/m0/s1. The third-order valence-electron chi connectivity index (χ3n) is 6.63. The molecule has 0 unspecified atom stereocenters. The van der Waals surface area contributed by atoms with Gasteiger partial charge in [0, 0.05) is 45.4 Å². The van der Waals surface area contributed by atoms with Crippen LogP contribution in [0.4, 0.5) is 0 Å². The van der Waals surface area contributed by atoms with Gasteiger partial charge in [0.25, 0.3) is 0 Å². The highest BCUT2D eigenvalue weighted by molar-refractivity contribution is 5.73. The summed E-state index contributed by atoms with van der Waals surface area (Å²) >= 11 is 0. The largest absolute Gasteiger partial charge is 0.425 e. The molecule has 0 bridgehead atoms. The highest BCUT2D eigenvalue weighted by Crippen LogP contribution is 2.39. The molecule has 29 heavy (non-hydrogen) atoms. The van der Waals surface area contributed by atoms with Gasteiger partial charge in [-0.3, -0.25) is 4.79 Å². The second-order valence-corrected chi connectivity index (χ2v) is 9.40. The van der Waals surface area contributed by atoms with E-state index in [0.717, 1.165) is 57.1 Å². The van der Waals surface area contributed by atoms with Gasteiger partial charge in [-0.1, -0.05) is 32.4 Å². The molecule has 162 valence electrons. The molecule has 1 aromatic heterocycles. The number of rotatable bonds is 8. The molecule has 2 heterocycles. The molecule has 2 aliphatic rings. The van der Waals surface area contributed by atoms with Crippen molar-refractivity contribution in [2.75, 3.05) is 19.6 Å². The SMILES string of the molecule is CCCc1nnc(C[C@@H]2C[C@@H](C(C)C)[C@H](CN3CC[C@H](NC(C)=O)C3)C=C2C)o1. The molecular weight excluding hydrogens is 364 g/mol. The number of likely N-dealkylation sites (tertiary alicyclic amines) is 1. The van der Waals surface area contributed by atoms with Crippen LogP contribution in [-0.2, 0) is 17.6 Å². The van der Waals surface area contributed by atoms with Gasteiger partial charge in [0.15, 0.2) is 0 Å². The third kappa shape index (κ3) is 5.91. The number of carbonyl (C=O) groups is 1. The van der Waals surface area contributed by atoms with E-state index in [1.807, 2.05) is 0 Å². The molecule has 1 fully saturated rings. The molecule has 0 spiro atoms. The van der Waals surface area contributed by atoms with E-state index in [-0.39, 0.29) is 5.91 Å². The molecule has 6 heteroatoms. The molecule has 3 rings (SSSR count). The van der Waals surface area contributed by atoms with Gasteiger partial charge < -0.3 is 14.6 Å². The van der Waals surface area contributed by atoms with Crippen molar-refractivity contribution < 1.29 is 9.21 Å². The van der Waals surface area contributed by atoms with E-state index < -0.39 is 0 Å². The first kappa shape index (κ1) is 22.0. The minimum Gasteiger partial charge on any atom is -0.425 e. The summed E-state index contributed by atoms with van der Waals surface area (Å²) in [7, 11) is 0. The third-order valence-corrected chi connectivity index (χ3v) is 6.63. The summed E-state index contributed by atoms with van der Waals surface area (Å²) in [5.74, 6) is 3.97. The van der Waals surface area contributed by atoms with Crippen molar-refractivity contribution in [2.45, 2.75) is 72.8 Å². The molecule has 1 amide bonds. The molecule has 1 aromatic rings. The Kier molecular flexibility index (Phi) is 7.49. The normalized spacial score (nSPS) is 28.0. The Balaban J connectivity index is 1.63. The second kappa shape index (κ2) is 9.88. The first-order valence-electron chi connectivity index (χ1n) is 11.3. The van der Waals surface area contributed by atoms with E-state index in [1.54, 1.807) is 6.92 Å². The van der Waals surface area contributed by atoms with Gasteiger partial charge in [-0.2, -0.15) is 0 Å². The quantitative estimate of drug-likeness (QED) is 0.672. The predicted octanol–water partition coefficient (Wildman–Crippen LogP) is 3.63. The van der Waals surface area contributed by atoms with Gasteiger partial charge >= 0.3 is 0 Å². The minimum atomic E-state index is 0.0799. The van der Waals surface area contributed by atoms with Gasteiger partial charge in [-0.15, -0.1) is 10.2 Å². The fraction of sp³-hybridized carbons (Fsp3) is 0.783. The van der Waals surface area contributed by atoms with Crippen LogP contribution >= 0.6 is 0 Å². The van der Waals surface area contributed by atoms with Crippen molar-refractivity contribution in [1.82, 2.24) is 20.4 Å².